The van der Waals surface area contributed by atoms with Gasteiger partial charge in [-0.25, -0.2) is 4.79 Å². The minimum absolute atomic E-state index is 0.0118. The molecule has 2 fully saturated rings. The zero-order chi connectivity index (χ0) is 14.9. The Balaban J connectivity index is 1.54. The predicted octanol–water partition coefficient (Wildman–Crippen LogP) is 2.62. The van der Waals surface area contributed by atoms with Crippen LogP contribution in [0.1, 0.15) is 48.0 Å². The molecule has 0 aliphatic heterocycles. The van der Waals surface area contributed by atoms with E-state index in [-0.39, 0.29) is 17.9 Å². The van der Waals surface area contributed by atoms with Gasteiger partial charge in [0.15, 0.2) is 0 Å². The molecule has 3 rings (SSSR count). The number of aromatic carboxylic acids is 1. The van der Waals surface area contributed by atoms with Crippen molar-refractivity contribution in [1.29, 1.82) is 0 Å². The number of amides is 1. The second-order valence-electron chi connectivity index (χ2n) is 6.61. The number of fused-ring (bicyclic) bond motifs is 2. The Bertz CT molecular complexity index is 559. The van der Waals surface area contributed by atoms with Crippen LogP contribution in [0.15, 0.2) is 24.3 Å². The summed E-state index contributed by atoms with van der Waals surface area (Å²) in [7, 11) is 0. The maximum Gasteiger partial charge on any atom is 0.335 e. The second-order valence-corrected chi connectivity index (χ2v) is 6.61. The normalized spacial score (nSPS) is 26.8. The maximum absolute atomic E-state index is 12.1. The van der Waals surface area contributed by atoms with Gasteiger partial charge in [0.05, 0.1) is 12.0 Å². The fraction of sp³-hybridized carbons (Fsp3) is 0.529. The maximum atomic E-state index is 12.1. The standard InChI is InChI=1S/C17H21NO3/c19-15(9-13-2-1-3-14(8-13)16(20)21)18-11-17-6-4-12(10-17)5-7-17/h1-3,8,12H,4-7,9-11H2,(H,18,19)(H,20,21). The van der Waals surface area contributed by atoms with E-state index in [0.717, 1.165) is 18.0 Å². The molecule has 112 valence electrons. The first-order valence-electron chi connectivity index (χ1n) is 7.65. The van der Waals surface area contributed by atoms with Crippen LogP contribution in [-0.4, -0.2) is 23.5 Å². The van der Waals surface area contributed by atoms with Gasteiger partial charge in [-0.1, -0.05) is 12.1 Å². The van der Waals surface area contributed by atoms with Crippen molar-refractivity contribution in [2.24, 2.45) is 11.3 Å². The molecule has 1 aromatic rings. The molecule has 2 saturated carbocycles. The summed E-state index contributed by atoms with van der Waals surface area (Å²) in [5.41, 5.74) is 1.33. The fourth-order valence-corrected chi connectivity index (χ4v) is 3.91. The van der Waals surface area contributed by atoms with Crippen LogP contribution in [0.2, 0.25) is 0 Å². The molecule has 0 atom stereocenters. The number of hydrogen-bond donors (Lipinski definition) is 2. The molecule has 0 unspecified atom stereocenters. The number of carboxylic acid groups (broad SMARTS) is 1. The minimum Gasteiger partial charge on any atom is -0.478 e. The third kappa shape index (κ3) is 3.09. The number of rotatable bonds is 5. The largest absolute Gasteiger partial charge is 0.478 e. The monoisotopic (exact) mass is 287 g/mol. The summed E-state index contributed by atoms with van der Waals surface area (Å²) in [6.45, 7) is 0.779. The molecular formula is C17H21NO3. The van der Waals surface area contributed by atoms with E-state index in [0.29, 0.717) is 5.41 Å². The van der Waals surface area contributed by atoms with Crippen LogP contribution >= 0.6 is 0 Å². The average Bonchev–Trinajstić information content (AvgIpc) is 3.06. The zero-order valence-electron chi connectivity index (χ0n) is 12.1. The van der Waals surface area contributed by atoms with E-state index < -0.39 is 5.97 Å². The van der Waals surface area contributed by atoms with Gasteiger partial charge < -0.3 is 10.4 Å². The van der Waals surface area contributed by atoms with E-state index >= 15 is 0 Å². The van der Waals surface area contributed by atoms with Gasteiger partial charge in [-0.05, 0) is 61.1 Å². The van der Waals surface area contributed by atoms with Gasteiger partial charge >= 0.3 is 5.97 Å². The third-order valence-corrected chi connectivity index (χ3v) is 5.09. The van der Waals surface area contributed by atoms with E-state index in [9.17, 15) is 9.59 Å². The lowest BCUT2D eigenvalue weighted by molar-refractivity contribution is -0.120. The van der Waals surface area contributed by atoms with Crippen LogP contribution in [0.5, 0.6) is 0 Å². The van der Waals surface area contributed by atoms with Crippen molar-refractivity contribution in [2.75, 3.05) is 6.54 Å². The van der Waals surface area contributed by atoms with Crippen LogP contribution in [-0.2, 0) is 11.2 Å². The first-order valence-corrected chi connectivity index (χ1v) is 7.65. The van der Waals surface area contributed by atoms with Gasteiger partial charge in [0.1, 0.15) is 0 Å². The fourth-order valence-electron chi connectivity index (χ4n) is 3.91. The SMILES string of the molecule is O=C(Cc1cccc(C(=O)O)c1)NCC12CCC(CC1)C2. The van der Waals surface area contributed by atoms with Gasteiger partial charge in [-0.15, -0.1) is 0 Å². The van der Waals surface area contributed by atoms with Crippen LogP contribution in [0.3, 0.4) is 0 Å². The Kier molecular flexibility index (Phi) is 3.70. The summed E-state index contributed by atoms with van der Waals surface area (Å²) in [6.07, 6.45) is 6.63. The van der Waals surface area contributed by atoms with E-state index in [2.05, 4.69) is 5.32 Å². The highest BCUT2D eigenvalue weighted by molar-refractivity contribution is 5.88. The number of hydrogen-bond acceptors (Lipinski definition) is 2. The quantitative estimate of drug-likeness (QED) is 0.875. The first kappa shape index (κ1) is 14.1. The Morgan fingerprint density at radius 1 is 1.29 bits per heavy atom. The summed E-state index contributed by atoms with van der Waals surface area (Å²) in [5, 5.41) is 12.0. The predicted molar refractivity (Wildman–Crippen MR) is 79.1 cm³/mol. The molecule has 2 aliphatic carbocycles. The highest BCUT2D eigenvalue weighted by Crippen LogP contribution is 2.53. The number of benzene rings is 1. The van der Waals surface area contributed by atoms with Gasteiger partial charge in [-0.3, -0.25) is 4.79 Å². The molecule has 21 heavy (non-hydrogen) atoms. The van der Waals surface area contributed by atoms with Crippen molar-refractivity contribution in [3.63, 3.8) is 0 Å². The topological polar surface area (TPSA) is 66.4 Å². The highest BCUT2D eigenvalue weighted by Gasteiger charge is 2.44. The molecule has 2 N–H and O–H groups in total. The Morgan fingerprint density at radius 3 is 2.67 bits per heavy atom. The van der Waals surface area contributed by atoms with Gasteiger partial charge in [0.2, 0.25) is 5.91 Å². The number of carboxylic acids is 1. The average molecular weight is 287 g/mol. The molecule has 0 radical (unpaired) electrons. The van der Waals surface area contributed by atoms with Gasteiger partial charge in [0.25, 0.3) is 0 Å². The zero-order valence-corrected chi connectivity index (χ0v) is 12.1. The first-order chi connectivity index (χ1) is 10.1. The highest BCUT2D eigenvalue weighted by atomic mass is 16.4. The Morgan fingerprint density at radius 2 is 2.05 bits per heavy atom. The third-order valence-electron chi connectivity index (χ3n) is 5.09. The molecule has 0 spiro atoms. The van der Waals surface area contributed by atoms with Gasteiger partial charge in [-0.2, -0.15) is 0 Å². The molecule has 1 aromatic carbocycles. The molecule has 0 saturated heterocycles. The Labute approximate surface area is 124 Å². The van der Waals surface area contributed by atoms with Crippen LogP contribution in [0.4, 0.5) is 0 Å². The molecule has 4 nitrogen and oxygen atoms in total. The molecule has 2 bridgehead atoms. The number of nitrogens with one attached hydrogen (secondary N) is 1. The molecule has 0 aromatic heterocycles. The van der Waals surface area contributed by atoms with Crippen molar-refractivity contribution in [2.45, 2.75) is 38.5 Å². The number of carbonyl (C=O) groups is 2. The smallest absolute Gasteiger partial charge is 0.335 e. The van der Waals surface area contributed by atoms with Crippen LogP contribution in [0.25, 0.3) is 0 Å². The van der Waals surface area contributed by atoms with Gasteiger partial charge in [0, 0.05) is 6.54 Å². The molecule has 4 heteroatoms. The molecule has 2 aliphatic rings. The van der Waals surface area contributed by atoms with E-state index in [1.54, 1.807) is 24.3 Å². The Hall–Kier alpha value is -1.84. The van der Waals surface area contributed by atoms with E-state index in [1.807, 2.05) is 0 Å². The summed E-state index contributed by atoms with van der Waals surface area (Å²) in [6, 6.07) is 6.59. The lowest BCUT2D eigenvalue weighted by Crippen LogP contribution is -2.35. The minimum atomic E-state index is -0.959. The molecular weight excluding hydrogens is 266 g/mol. The van der Waals surface area contributed by atoms with Crippen molar-refractivity contribution in [1.82, 2.24) is 5.32 Å². The lowest BCUT2D eigenvalue weighted by atomic mass is 9.84. The van der Waals surface area contributed by atoms with Crippen molar-refractivity contribution in [3.05, 3.63) is 35.4 Å². The van der Waals surface area contributed by atoms with Crippen molar-refractivity contribution < 1.29 is 14.7 Å². The lowest BCUT2D eigenvalue weighted by Gasteiger charge is -2.26. The molecule has 0 heterocycles. The van der Waals surface area contributed by atoms with Crippen LogP contribution in [0, 0.1) is 11.3 Å². The van der Waals surface area contributed by atoms with Crippen LogP contribution < -0.4 is 5.32 Å². The number of carbonyl (C=O) groups excluding carboxylic acids is 1. The van der Waals surface area contributed by atoms with E-state index in [1.165, 1.54) is 32.1 Å². The van der Waals surface area contributed by atoms with E-state index in [4.69, 9.17) is 5.11 Å². The summed E-state index contributed by atoms with van der Waals surface area (Å²) in [4.78, 5) is 23.0. The second kappa shape index (κ2) is 5.51. The summed E-state index contributed by atoms with van der Waals surface area (Å²) < 4.78 is 0. The molecule has 1 amide bonds. The van der Waals surface area contributed by atoms with Crippen molar-refractivity contribution >= 4 is 11.9 Å². The summed E-state index contributed by atoms with van der Waals surface area (Å²) in [5.74, 6) is -0.0875. The summed E-state index contributed by atoms with van der Waals surface area (Å²) >= 11 is 0. The van der Waals surface area contributed by atoms with Crippen molar-refractivity contribution in [3.8, 4) is 0 Å².